The highest BCUT2D eigenvalue weighted by atomic mass is 16.4. The van der Waals surface area contributed by atoms with Crippen molar-refractivity contribution in [2.45, 2.75) is 96.3 Å². The van der Waals surface area contributed by atoms with E-state index >= 15 is 0 Å². The molecule has 0 aliphatic heterocycles. The van der Waals surface area contributed by atoms with Crippen LogP contribution in [0.5, 0.6) is 0 Å². The summed E-state index contributed by atoms with van der Waals surface area (Å²) >= 11 is 0. The van der Waals surface area contributed by atoms with Gasteiger partial charge in [-0.05, 0) is 71.3 Å². The Hall–Kier alpha value is -2.53. The highest BCUT2D eigenvalue weighted by Crippen LogP contribution is 2.36. The monoisotopic (exact) mass is 483 g/mol. The first-order valence-electron chi connectivity index (χ1n) is 12.0. The first kappa shape index (κ1) is 29.5. The lowest BCUT2D eigenvalue weighted by Crippen LogP contribution is -2.62. The summed E-state index contributed by atoms with van der Waals surface area (Å²) in [6, 6.07) is -2.78. The second-order valence-corrected chi connectivity index (χ2v) is 9.63. The van der Waals surface area contributed by atoms with Crippen LogP contribution in [0.25, 0.3) is 0 Å². The average molecular weight is 484 g/mol. The lowest BCUT2D eigenvalue weighted by Gasteiger charge is -2.32. The van der Waals surface area contributed by atoms with Crippen molar-refractivity contribution in [2.75, 3.05) is 6.54 Å². The number of Topliss-reactive ketones (excluding diaryl/α,β-unsaturated/α-hetero) is 1. The maximum atomic E-state index is 12.9. The number of carbonyl (C=O) groups is 5. The van der Waals surface area contributed by atoms with Crippen LogP contribution in [-0.2, 0) is 24.0 Å². The van der Waals surface area contributed by atoms with Gasteiger partial charge in [0.2, 0.25) is 17.7 Å². The van der Waals surface area contributed by atoms with Crippen LogP contribution >= 0.6 is 0 Å². The average Bonchev–Trinajstić information content (AvgIpc) is 3.17. The van der Waals surface area contributed by atoms with E-state index in [2.05, 4.69) is 16.0 Å². The predicted octanol–water partition coefficient (Wildman–Crippen LogP) is -0.193. The molecule has 0 aromatic heterocycles. The molecule has 5 atom stereocenters. The number of carboxylic acids is 1. The van der Waals surface area contributed by atoms with Crippen LogP contribution in [0.2, 0.25) is 0 Å². The van der Waals surface area contributed by atoms with Crippen molar-refractivity contribution in [2.24, 2.45) is 23.3 Å². The lowest BCUT2D eigenvalue weighted by molar-refractivity contribution is -0.152. The summed E-state index contributed by atoms with van der Waals surface area (Å²) in [6.45, 7) is 7.03. The summed E-state index contributed by atoms with van der Waals surface area (Å²) in [6.07, 6.45) is 2.99. The maximum absolute atomic E-state index is 12.9. The number of amides is 3. The number of carbonyl (C=O) groups excluding carboxylic acids is 4. The molecule has 0 aromatic rings. The quantitative estimate of drug-likeness (QED) is 0.183. The van der Waals surface area contributed by atoms with Gasteiger partial charge in [0.25, 0.3) is 0 Å². The molecule has 2 unspecified atom stereocenters. The van der Waals surface area contributed by atoms with Gasteiger partial charge < -0.3 is 32.5 Å². The molecule has 8 N–H and O–H groups in total. The van der Waals surface area contributed by atoms with Crippen molar-refractivity contribution in [1.82, 2.24) is 16.0 Å². The molecule has 0 bridgehead atoms. The molecule has 0 heterocycles. The fourth-order valence-corrected chi connectivity index (χ4v) is 4.38. The summed E-state index contributed by atoms with van der Waals surface area (Å²) in [5, 5.41) is 17.5. The second kappa shape index (κ2) is 13.4. The molecule has 1 aliphatic rings. The predicted molar refractivity (Wildman–Crippen MR) is 126 cm³/mol. The van der Waals surface area contributed by atoms with Crippen molar-refractivity contribution in [3.05, 3.63) is 0 Å². The molecular formula is C23H41N5O6. The minimum atomic E-state index is -1.69. The number of nitrogens with one attached hydrogen (secondary N) is 3. The van der Waals surface area contributed by atoms with E-state index in [1.165, 1.54) is 13.8 Å². The summed E-state index contributed by atoms with van der Waals surface area (Å²) < 4.78 is 0. The van der Waals surface area contributed by atoms with E-state index in [0.29, 0.717) is 45.1 Å². The second-order valence-electron chi connectivity index (χ2n) is 9.63. The molecule has 3 amide bonds. The molecule has 0 saturated heterocycles. The number of ketones is 1. The smallest absolute Gasteiger partial charge is 0.330 e. The SMILES string of the molecule is CC(=O)C1CCCC1(NC(=O)[C@H](C)NC(=O)[C@H](CCCCN)NC(=O)[C@@H](N)CC(C)C)C(=O)O. The number of nitrogens with two attached hydrogens (primary N) is 2. The van der Waals surface area contributed by atoms with Crippen LogP contribution in [0.4, 0.5) is 0 Å². The van der Waals surface area contributed by atoms with Gasteiger partial charge in [0.15, 0.2) is 0 Å². The largest absolute Gasteiger partial charge is 0.479 e. The van der Waals surface area contributed by atoms with E-state index in [4.69, 9.17) is 11.5 Å². The fourth-order valence-electron chi connectivity index (χ4n) is 4.38. The standard InChI is InChI=1S/C23H41N5O6/c1-13(2)12-17(25)20(31)27-18(9-5-6-11-24)21(32)26-14(3)19(30)28-23(22(33)34)10-7-8-16(23)15(4)29/h13-14,16-18H,5-12,24-25H2,1-4H3,(H,26,32)(H,27,31)(H,28,30)(H,33,34)/t14-,16?,17-,18-,23?/m0/s1. The highest BCUT2D eigenvalue weighted by molar-refractivity contribution is 5.97. The minimum Gasteiger partial charge on any atom is -0.479 e. The zero-order valence-corrected chi connectivity index (χ0v) is 20.7. The Morgan fingerprint density at radius 3 is 2.21 bits per heavy atom. The first-order valence-corrected chi connectivity index (χ1v) is 12.0. The molecule has 0 spiro atoms. The Morgan fingerprint density at radius 2 is 1.68 bits per heavy atom. The summed E-state index contributed by atoms with van der Waals surface area (Å²) in [5.74, 6) is -3.97. The fraction of sp³-hybridized carbons (Fsp3) is 0.783. The van der Waals surface area contributed by atoms with Crippen molar-refractivity contribution in [3.63, 3.8) is 0 Å². The van der Waals surface area contributed by atoms with Crippen LogP contribution in [0.15, 0.2) is 0 Å². The number of hydrogen-bond donors (Lipinski definition) is 6. The van der Waals surface area contributed by atoms with Gasteiger partial charge in [-0.3, -0.25) is 19.2 Å². The number of carboxylic acid groups (broad SMARTS) is 1. The summed E-state index contributed by atoms with van der Waals surface area (Å²) in [7, 11) is 0. The van der Waals surface area contributed by atoms with Gasteiger partial charge in [-0.1, -0.05) is 13.8 Å². The van der Waals surface area contributed by atoms with Gasteiger partial charge in [0.1, 0.15) is 23.4 Å². The van der Waals surface area contributed by atoms with Crippen LogP contribution in [0, 0.1) is 11.8 Å². The van der Waals surface area contributed by atoms with Gasteiger partial charge >= 0.3 is 5.97 Å². The molecule has 11 heteroatoms. The number of rotatable bonds is 14. The van der Waals surface area contributed by atoms with Crippen molar-refractivity contribution in [3.8, 4) is 0 Å². The molecule has 0 aromatic carbocycles. The molecular weight excluding hydrogens is 442 g/mol. The number of aliphatic carboxylic acids is 1. The normalized spacial score (nSPS) is 22.5. The van der Waals surface area contributed by atoms with E-state index in [9.17, 15) is 29.1 Å². The van der Waals surface area contributed by atoms with E-state index in [-0.39, 0.29) is 18.1 Å². The van der Waals surface area contributed by atoms with Crippen molar-refractivity contribution in [1.29, 1.82) is 0 Å². The molecule has 0 radical (unpaired) electrons. The minimum absolute atomic E-state index is 0.129. The lowest BCUT2D eigenvalue weighted by atomic mass is 9.84. The van der Waals surface area contributed by atoms with E-state index in [1.807, 2.05) is 13.8 Å². The van der Waals surface area contributed by atoms with Crippen molar-refractivity contribution < 1.29 is 29.1 Å². The van der Waals surface area contributed by atoms with Gasteiger partial charge in [0.05, 0.1) is 12.0 Å². The number of hydrogen-bond acceptors (Lipinski definition) is 7. The maximum Gasteiger partial charge on any atom is 0.330 e. The summed E-state index contributed by atoms with van der Waals surface area (Å²) in [5.41, 5.74) is 9.77. The zero-order valence-electron chi connectivity index (χ0n) is 20.7. The molecule has 1 fully saturated rings. The third-order valence-corrected chi connectivity index (χ3v) is 6.27. The third kappa shape index (κ3) is 8.05. The molecule has 1 saturated carbocycles. The Balaban J connectivity index is 2.89. The topological polar surface area (TPSA) is 194 Å². The van der Waals surface area contributed by atoms with Gasteiger partial charge in [-0.15, -0.1) is 0 Å². The van der Waals surface area contributed by atoms with Crippen LogP contribution in [0.3, 0.4) is 0 Å². The molecule has 34 heavy (non-hydrogen) atoms. The van der Waals surface area contributed by atoms with Crippen LogP contribution in [-0.4, -0.2) is 64.8 Å². The Labute approximate surface area is 201 Å². The number of unbranched alkanes of at least 4 members (excludes halogenated alkanes) is 1. The Morgan fingerprint density at radius 1 is 1.03 bits per heavy atom. The third-order valence-electron chi connectivity index (χ3n) is 6.27. The highest BCUT2D eigenvalue weighted by Gasteiger charge is 2.52. The molecule has 194 valence electrons. The van der Waals surface area contributed by atoms with E-state index in [1.54, 1.807) is 0 Å². The van der Waals surface area contributed by atoms with Gasteiger partial charge in [-0.25, -0.2) is 4.79 Å². The van der Waals surface area contributed by atoms with Crippen molar-refractivity contribution >= 4 is 29.5 Å². The Kier molecular flexibility index (Phi) is 11.6. The van der Waals surface area contributed by atoms with Gasteiger partial charge in [-0.2, -0.15) is 0 Å². The van der Waals surface area contributed by atoms with E-state index < -0.39 is 53.3 Å². The first-order chi connectivity index (χ1) is 15.8. The molecule has 11 nitrogen and oxygen atoms in total. The molecule has 1 rings (SSSR count). The van der Waals surface area contributed by atoms with Crippen LogP contribution in [0.1, 0.15) is 72.6 Å². The van der Waals surface area contributed by atoms with E-state index in [0.717, 1.165) is 0 Å². The summed E-state index contributed by atoms with van der Waals surface area (Å²) in [4.78, 5) is 62.2. The zero-order chi connectivity index (χ0) is 26.1. The van der Waals surface area contributed by atoms with Gasteiger partial charge in [0, 0.05) is 0 Å². The molecule has 1 aliphatic carbocycles. The van der Waals surface area contributed by atoms with Crippen LogP contribution < -0.4 is 27.4 Å². The Bertz CT molecular complexity index is 758.